The number of aldehydes is 1. The summed E-state index contributed by atoms with van der Waals surface area (Å²) in [5.41, 5.74) is 0.480. The predicted octanol–water partition coefficient (Wildman–Crippen LogP) is 0.665. The number of hydrogen-bond donors (Lipinski definition) is 0. The lowest BCUT2D eigenvalue weighted by Crippen LogP contribution is -1.98. The van der Waals surface area contributed by atoms with Crippen molar-refractivity contribution in [1.82, 2.24) is 9.78 Å². The maximum Gasteiger partial charge on any atom is 0.153 e. The van der Waals surface area contributed by atoms with E-state index in [-0.39, 0.29) is 6.54 Å². The number of rotatable bonds is 3. The Balaban J connectivity index is 2.68. The fraction of sp³-hybridized carbons (Fsp3) is 0.333. The zero-order valence-electron chi connectivity index (χ0n) is 5.33. The summed E-state index contributed by atoms with van der Waals surface area (Å²) >= 11 is 0. The smallest absolute Gasteiger partial charge is 0.153 e. The van der Waals surface area contributed by atoms with Crippen LogP contribution in [0.25, 0.3) is 0 Å². The first kappa shape index (κ1) is 6.92. The first-order valence-electron chi connectivity index (χ1n) is 2.90. The molecule has 0 bridgehead atoms. The number of nitrogens with zero attached hydrogens (tertiary/aromatic N) is 2. The number of carbonyl (C=O) groups excluding carboxylic acids is 1. The van der Waals surface area contributed by atoms with Gasteiger partial charge in [0.05, 0.1) is 18.3 Å². The van der Waals surface area contributed by atoms with Crippen LogP contribution in [-0.2, 0) is 6.54 Å². The van der Waals surface area contributed by atoms with Crippen molar-refractivity contribution in [2.45, 2.75) is 6.54 Å². The highest BCUT2D eigenvalue weighted by Crippen LogP contribution is 1.92. The molecular weight excluding hydrogens is 135 g/mol. The first-order valence-corrected chi connectivity index (χ1v) is 2.90. The average Bonchev–Trinajstić information content (AvgIpc) is 2.37. The van der Waals surface area contributed by atoms with Gasteiger partial charge in [-0.1, -0.05) is 0 Å². The van der Waals surface area contributed by atoms with Crippen molar-refractivity contribution in [3.05, 3.63) is 18.0 Å². The van der Waals surface area contributed by atoms with Gasteiger partial charge >= 0.3 is 0 Å². The van der Waals surface area contributed by atoms with Gasteiger partial charge in [-0.2, -0.15) is 5.10 Å². The van der Waals surface area contributed by atoms with E-state index < -0.39 is 6.67 Å². The van der Waals surface area contributed by atoms with E-state index in [1.165, 1.54) is 17.1 Å². The van der Waals surface area contributed by atoms with Gasteiger partial charge in [0, 0.05) is 6.20 Å². The molecule has 0 amide bonds. The largest absolute Gasteiger partial charge is 0.298 e. The monoisotopic (exact) mass is 142 g/mol. The summed E-state index contributed by atoms with van der Waals surface area (Å²) in [5.74, 6) is 0. The second kappa shape index (κ2) is 3.10. The quantitative estimate of drug-likeness (QED) is 0.581. The zero-order valence-corrected chi connectivity index (χ0v) is 5.33. The molecule has 1 aromatic heterocycles. The van der Waals surface area contributed by atoms with E-state index in [4.69, 9.17) is 0 Å². The molecule has 0 radical (unpaired) electrons. The van der Waals surface area contributed by atoms with Gasteiger partial charge < -0.3 is 0 Å². The van der Waals surface area contributed by atoms with Crippen molar-refractivity contribution in [1.29, 1.82) is 0 Å². The molecule has 0 aliphatic heterocycles. The zero-order chi connectivity index (χ0) is 7.40. The van der Waals surface area contributed by atoms with Crippen LogP contribution in [0.1, 0.15) is 10.4 Å². The second-order valence-corrected chi connectivity index (χ2v) is 1.84. The molecule has 10 heavy (non-hydrogen) atoms. The molecule has 1 rings (SSSR count). The molecular formula is C6H7FN2O. The number of hydrogen-bond acceptors (Lipinski definition) is 2. The number of halogens is 1. The van der Waals surface area contributed by atoms with Crippen LogP contribution in [0.4, 0.5) is 4.39 Å². The molecule has 3 nitrogen and oxygen atoms in total. The lowest BCUT2D eigenvalue weighted by atomic mass is 10.4. The standard InChI is InChI=1S/C6H7FN2O/c7-1-2-9-4-6(5-10)3-8-9/h3-5H,1-2H2. The van der Waals surface area contributed by atoms with Crippen LogP contribution in [0.15, 0.2) is 12.4 Å². The highest BCUT2D eigenvalue weighted by Gasteiger charge is 1.94. The Morgan fingerprint density at radius 3 is 3.10 bits per heavy atom. The summed E-state index contributed by atoms with van der Waals surface area (Å²) < 4.78 is 13.0. The fourth-order valence-corrected chi connectivity index (χ4v) is 0.649. The Bertz CT molecular complexity index is 221. The van der Waals surface area contributed by atoms with Crippen LogP contribution < -0.4 is 0 Å². The molecule has 0 aliphatic rings. The third kappa shape index (κ3) is 1.40. The van der Waals surface area contributed by atoms with Crippen molar-refractivity contribution < 1.29 is 9.18 Å². The molecule has 0 atom stereocenters. The molecule has 4 heteroatoms. The summed E-state index contributed by atoms with van der Waals surface area (Å²) in [7, 11) is 0. The number of aromatic nitrogens is 2. The minimum absolute atomic E-state index is 0.216. The second-order valence-electron chi connectivity index (χ2n) is 1.84. The summed E-state index contributed by atoms with van der Waals surface area (Å²) in [6.07, 6.45) is 3.59. The highest BCUT2D eigenvalue weighted by molar-refractivity contribution is 5.73. The van der Waals surface area contributed by atoms with Crippen molar-refractivity contribution in [2.75, 3.05) is 6.67 Å². The maximum absolute atomic E-state index is 11.6. The Labute approximate surface area is 57.5 Å². The van der Waals surface area contributed by atoms with E-state index in [1.54, 1.807) is 0 Å². The molecule has 0 spiro atoms. The predicted molar refractivity (Wildman–Crippen MR) is 33.6 cm³/mol. The minimum atomic E-state index is -0.458. The van der Waals surface area contributed by atoms with Crippen LogP contribution in [0.3, 0.4) is 0 Å². The maximum atomic E-state index is 11.6. The molecule has 0 saturated heterocycles. The molecule has 1 aromatic rings. The van der Waals surface area contributed by atoms with Gasteiger partial charge in [-0.05, 0) is 0 Å². The molecule has 0 aromatic carbocycles. The van der Waals surface area contributed by atoms with Crippen molar-refractivity contribution in [3.8, 4) is 0 Å². The van der Waals surface area contributed by atoms with Gasteiger partial charge in [-0.3, -0.25) is 9.48 Å². The van der Waals surface area contributed by atoms with Crippen LogP contribution >= 0.6 is 0 Å². The Morgan fingerprint density at radius 1 is 1.80 bits per heavy atom. The third-order valence-electron chi connectivity index (χ3n) is 1.10. The summed E-state index contributed by atoms with van der Waals surface area (Å²) in [5, 5.41) is 3.72. The van der Waals surface area contributed by atoms with Gasteiger partial charge in [-0.25, -0.2) is 4.39 Å². The Hall–Kier alpha value is -1.19. The third-order valence-corrected chi connectivity index (χ3v) is 1.10. The van der Waals surface area contributed by atoms with E-state index in [0.717, 1.165) is 0 Å². The van der Waals surface area contributed by atoms with E-state index in [0.29, 0.717) is 11.8 Å². The molecule has 54 valence electrons. The van der Waals surface area contributed by atoms with E-state index >= 15 is 0 Å². The first-order chi connectivity index (χ1) is 4.86. The molecule has 1 heterocycles. The van der Waals surface area contributed by atoms with Gasteiger partial charge in [0.1, 0.15) is 6.67 Å². The van der Waals surface area contributed by atoms with E-state index in [2.05, 4.69) is 5.10 Å². The molecule has 0 fully saturated rings. The average molecular weight is 142 g/mol. The van der Waals surface area contributed by atoms with Gasteiger partial charge in [-0.15, -0.1) is 0 Å². The lowest BCUT2D eigenvalue weighted by Gasteiger charge is -1.91. The molecule has 0 N–H and O–H groups in total. The van der Waals surface area contributed by atoms with Crippen LogP contribution in [0.2, 0.25) is 0 Å². The molecule has 0 aliphatic carbocycles. The number of alkyl halides is 1. The van der Waals surface area contributed by atoms with Crippen molar-refractivity contribution in [3.63, 3.8) is 0 Å². The number of carbonyl (C=O) groups is 1. The van der Waals surface area contributed by atoms with Crippen molar-refractivity contribution in [2.24, 2.45) is 0 Å². The molecule has 0 saturated carbocycles. The SMILES string of the molecule is O=Cc1cnn(CCF)c1. The normalized spacial score (nSPS) is 9.70. The summed E-state index contributed by atoms with van der Waals surface area (Å²) in [6, 6.07) is 0. The van der Waals surface area contributed by atoms with E-state index in [1.807, 2.05) is 0 Å². The van der Waals surface area contributed by atoms with Crippen LogP contribution in [0.5, 0.6) is 0 Å². The van der Waals surface area contributed by atoms with Gasteiger partial charge in [0.2, 0.25) is 0 Å². The fourth-order valence-electron chi connectivity index (χ4n) is 0.649. The summed E-state index contributed by atoms with van der Waals surface area (Å²) in [4.78, 5) is 10.1. The van der Waals surface area contributed by atoms with Gasteiger partial charge in [0.15, 0.2) is 6.29 Å². The summed E-state index contributed by atoms with van der Waals surface area (Å²) in [6.45, 7) is -0.242. The lowest BCUT2D eigenvalue weighted by molar-refractivity contribution is 0.112. The topological polar surface area (TPSA) is 34.9 Å². The van der Waals surface area contributed by atoms with E-state index in [9.17, 15) is 9.18 Å². The van der Waals surface area contributed by atoms with Crippen LogP contribution in [0, 0.1) is 0 Å². The Kier molecular flexibility index (Phi) is 2.15. The van der Waals surface area contributed by atoms with Gasteiger partial charge in [0.25, 0.3) is 0 Å². The Morgan fingerprint density at radius 2 is 2.60 bits per heavy atom. The van der Waals surface area contributed by atoms with Crippen molar-refractivity contribution >= 4 is 6.29 Å². The number of aryl methyl sites for hydroxylation is 1. The minimum Gasteiger partial charge on any atom is -0.298 e. The highest BCUT2D eigenvalue weighted by atomic mass is 19.1. The van der Waals surface area contributed by atoms with Crippen LogP contribution in [-0.4, -0.2) is 22.7 Å². The molecule has 0 unspecified atom stereocenters.